The maximum Gasteiger partial charge on any atom is 0.0341 e. The summed E-state index contributed by atoms with van der Waals surface area (Å²) in [6, 6.07) is 15.8. The molecule has 6 N–H and O–H groups in total. The number of anilines is 4. The van der Waals surface area contributed by atoms with Crippen LogP contribution in [0.5, 0.6) is 0 Å². The molecule has 2 aromatic carbocycles. The van der Waals surface area contributed by atoms with E-state index in [9.17, 15) is 0 Å². The van der Waals surface area contributed by atoms with Crippen LogP contribution in [0.1, 0.15) is 25.7 Å². The van der Waals surface area contributed by atoms with E-state index in [2.05, 4.69) is 10.6 Å². The maximum atomic E-state index is 5.66. The van der Waals surface area contributed by atoms with Crippen molar-refractivity contribution in [2.45, 2.75) is 25.7 Å². The Morgan fingerprint density at radius 2 is 0.808 bits per heavy atom. The molecule has 0 fully saturated rings. The smallest absolute Gasteiger partial charge is 0.0341 e. The first-order valence-corrected chi connectivity index (χ1v) is 7.93. The zero-order valence-corrected chi connectivity index (χ0v) is 17.9. The first kappa shape index (κ1) is 29.6. The largest absolute Gasteiger partial charge is 0.399 e. The molecule has 2 rings (SSSR count). The van der Waals surface area contributed by atoms with Gasteiger partial charge in [0, 0.05) is 35.8 Å². The molecule has 0 aromatic heterocycles. The van der Waals surface area contributed by atoms with Crippen LogP contribution in [0.4, 0.5) is 22.7 Å². The first-order chi connectivity index (χ1) is 10.7. The van der Waals surface area contributed by atoms with Crippen LogP contribution in [0.15, 0.2) is 48.5 Å². The summed E-state index contributed by atoms with van der Waals surface area (Å²) in [7, 11) is 0. The van der Waals surface area contributed by atoms with Crippen LogP contribution in [0.3, 0.4) is 0 Å². The number of unbranched alkanes of at least 4 members (excludes halogenated alkanes) is 3. The first-order valence-electron chi connectivity index (χ1n) is 7.93. The third kappa shape index (κ3) is 12.2. The molecular formula is C18H30Cl4N4. The second-order valence-corrected chi connectivity index (χ2v) is 5.51. The molecule has 0 heterocycles. The minimum Gasteiger partial charge on any atom is -0.399 e. The van der Waals surface area contributed by atoms with Crippen LogP contribution in [0.2, 0.25) is 0 Å². The molecule has 0 bridgehead atoms. The minimum absolute atomic E-state index is 0. The lowest BCUT2D eigenvalue weighted by Crippen LogP contribution is -2.03. The monoisotopic (exact) mass is 442 g/mol. The molecule has 0 unspecified atom stereocenters. The Balaban J connectivity index is -0.00000132. The predicted molar refractivity (Wildman–Crippen MR) is 126 cm³/mol. The Labute approximate surface area is 181 Å². The summed E-state index contributed by atoms with van der Waals surface area (Å²) >= 11 is 0. The van der Waals surface area contributed by atoms with Crippen LogP contribution in [0, 0.1) is 0 Å². The molecule has 26 heavy (non-hydrogen) atoms. The van der Waals surface area contributed by atoms with E-state index in [1.54, 1.807) is 0 Å². The summed E-state index contributed by atoms with van der Waals surface area (Å²) in [6.07, 6.45) is 4.86. The maximum absolute atomic E-state index is 5.66. The molecular weight excluding hydrogens is 414 g/mol. The number of nitrogens with two attached hydrogens (primary N) is 2. The standard InChI is InChI=1S/C18H26N4.4ClH/c19-15-5-9-17(10-6-15)21-13-3-1-2-4-14-22-18-11-7-16(20)8-12-18;;;;/h5-12,21-22H,1-4,13-14,19-20H2;4*1H. The average Bonchev–Trinajstić information content (AvgIpc) is 2.53. The van der Waals surface area contributed by atoms with Crippen molar-refractivity contribution in [1.29, 1.82) is 0 Å². The fourth-order valence-electron chi connectivity index (χ4n) is 2.27. The lowest BCUT2D eigenvalue weighted by atomic mass is 10.2. The Bertz CT molecular complexity index is 499. The third-order valence-corrected chi connectivity index (χ3v) is 3.58. The van der Waals surface area contributed by atoms with Gasteiger partial charge in [-0.15, -0.1) is 49.6 Å². The fourth-order valence-corrected chi connectivity index (χ4v) is 2.27. The van der Waals surface area contributed by atoms with Crippen molar-refractivity contribution >= 4 is 72.4 Å². The Morgan fingerprint density at radius 1 is 0.500 bits per heavy atom. The second kappa shape index (κ2) is 17.2. The molecule has 0 atom stereocenters. The van der Waals surface area contributed by atoms with E-state index < -0.39 is 0 Å². The quantitative estimate of drug-likeness (QED) is 0.299. The van der Waals surface area contributed by atoms with Gasteiger partial charge < -0.3 is 22.1 Å². The van der Waals surface area contributed by atoms with Crippen molar-refractivity contribution in [2.24, 2.45) is 0 Å². The molecule has 150 valence electrons. The van der Waals surface area contributed by atoms with Crippen molar-refractivity contribution in [2.75, 3.05) is 35.2 Å². The Kier molecular flexibility index (Phi) is 19.6. The Morgan fingerprint density at radius 3 is 1.12 bits per heavy atom. The molecule has 4 nitrogen and oxygen atoms in total. The molecule has 0 saturated heterocycles. The highest BCUT2D eigenvalue weighted by Crippen LogP contribution is 2.12. The van der Waals surface area contributed by atoms with Gasteiger partial charge in [-0.1, -0.05) is 12.8 Å². The molecule has 0 saturated carbocycles. The lowest BCUT2D eigenvalue weighted by molar-refractivity contribution is 0.670. The summed E-state index contributed by atoms with van der Waals surface area (Å²) in [5, 5.41) is 6.82. The highest BCUT2D eigenvalue weighted by atomic mass is 35.5. The van der Waals surface area contributed by atoms with E-state index in [1.165, 1.54) is 25.7 Å². The third-order valence-electron chi connectivity index (χ3n) is 3.58. The van der Waals surface area contributed by atoms with E-state index in [4.69, 9.17) is 11.5 Å². The summed E-state index contributed by atoms with van der Waals surface area (Å²) in [5.74, 6) is 0. The Hall–Kier alpha value is -1.20. The summed E-state index contributed by atoms with van der Waals surface area (Å²) < 4.78 is 0. The molecule has 0 aliphatic carbocycles. The van der Waals surface area contributed by atoms with E-state index in [-0.39, 0.29) is 49.6 Å². The van der Waals surface area contributed by atoms with Gasteiger partial charge in [-0.2, -0.15) is 0 Å². The van der Waals surface area contributed by atoms with E-state index in [0.717, 1.165) is 35.8 Å². The fraction of sp³-hybridized carbons (Fsp3) is 0.333. The highest BCUT2D eigenvalue weighted by molar-refractivity contribution is 5.86. The van der Waals surface area contributed by atoms with Crippen LogP contribution in [-0.4, -0.2) is 13.1 Å². The van der Waals surface area contributed by atoms with Crippen molar-refractivity contribution < 1.29 is 0 Å². The van der Waals surface area contributed by atoms with Crippen LogP contribution >= 0.6 is 49.6 Å². The predicted octanol–water partition coefficient (Wildman–Crippen LogP) is 5.62. The number of nitrogens with one attached hydrogen (secondary N) is 2. The lowest BCUT2D eigenvalue weighted by Gasteiger charge is -2.08. The zero-order chi connectivity index (χ0) is 15.6. The van der Waals surface area contributed by atoms with Gasteiger partial charge in [-0.05, 0) is 61.4 Å². The number of hydrogen-bond acceptors (Lipinski definition) is 4. The SMILES string of the molecule is Cl.Cl.Cl.Cl.Nc1ccc(NCCCCCCNc2ccc(N)cc2)cc1. The second-order valence-electron chi connectivity index (χ2n) is 5.51. The summed E-state index contributed by atoms with van der Waals surface area (Å²) in [6.45, 7) is 2.02. The van der Waals surface area contributed by atoms with Crippen LogP contribution in [-0.2, 0) is 0 Å². The van der Waals surface area contributed by atoms with Gasteiger partial charge in [0.1, 0.15) is 0 Å². The van der Waals surface area contributed by atoms with Crippen molar-refractivity contribution in [3.63, 3.8) is 0 Å². The van der Waals surface area contributed by atoms with Crippen LogP contribution < -0.4 is 22.1 Å². The van der Waals surface area contributed by atoms with Gasteiger partial charge in [-0.3, -0.25) is 0 Å². The van der Waals surface area contributed by atoms with Gasteiger partial charge in [0.05, 0.1) is 0 Å². The molecule has 0 amide bonds. The number of hydrogen-bond donors (Lipinski definition) is 4. The molecule has 2 aromatic rings. The van der Waals surface area contributed by atoms with Gasteiger partial charge in [0.2, 0.25) is 0 Å². The number of rotatable bonds is 9. The number of benzene rings is 2. The minimum atomic E-state index is 0. The van der Waals surface area contributed by atoms with E-state index >= 15 is 0 Å². The molecule has 0 spiro atoms. The highest BCUT2D eigenvalue weighted by Gasteiger charge is 1.94. The average molecular weight is 444 g/mol. The topological polar surface area (TPSA) is 76.1 Å². The van der Waals surface area contributed by atoms with Crippen LogP contribution in [0.25, 0.3) is 0 Å². The van der Waals surface area contributed by atoms with Crippen molar-refractivity contribution in [3.05, 3.63) is 48.5 Å². The van der Waals surface area contributed by atoms with E-state index in [1.807, 2.05) is 48.5 Å². The number of halogens is 4. The van der Waals surface area contributed by atoms with Crippen molar-refractivity contribution in [3.8, 4) is 0 Å². The normalized spacial score (nSPS) is 8.77. The zero-order valence-electron chi connectivity index (χ0n) is 14.6. The summed E-state index contributed by atoms with van der Waals surface area (Å²) in [4.78, 5) is 0. The number of nitrogen functional groups attached to an aromatic ring is 2. The van der Waals surface area contributed by atoms with Gasteiger partial charge in [-0.25, -0.2) is 0 Å². The van der Waals surface area contributed by atoms with E-state index in [0.29, 0.717) is 0 Å². The van der Waals surface area contributed by atoms with Gasteiger partial charge in [0.15, 0.2) is 0 Å². The van der Waals surface area contributed by atoms with Crippen molar-refractivity contribution in [1.82, 2.24) is 0 Å². The molecule has 0 aliphatic rings. The summed E-state index contributed by atoms with van der Waals surface area (Å²) in [5.41, 5.74) is 15.2. The molecule has 0 aliphatic heterocycles. The van der Waals surface area contributed by atoms with Gasteiger partial charge in [0.25, 0.3) is 0 Å². The van der Waals surface area contributed by atoms with Gasteiger partial charge >= 0.3 is 0 Å². The molecule has 0 radical (unpaired) electrons. The molecule has 8 heteroatoms.